The van der Waals surface area contributed by atoms with Crippen molar-refractivity contribution in [2.45, 2.75) is 25.4 Å². The van der Waals surface area contributed by atoms with Crippen molar-refractivity contribution in [1.29, 1.82) is 0 Å². The van der Waals surface area contributed by atoms with Gasteiger partial charge in [-0.1, -0.05) is 0 Å². The Balaban J connectivity index is 2.24. The molecule has 1 aliphatic carbocycles. The predicted octanol–water partition coefficient (Wildman–Crippen LogP) is 2.11. The molecule has 80 valence electrons. The van der Waals surface area contributed by atoms with E-state index >= 15 is 0 Å². The van der Waals surface area contributed by atoms with E-state index in [-0.39, 0.29) is 17.5 Å². The molecule has 0 unspecified atom stereocenters. The highest BCUT2D eigenvalue weighted by Gasteiger charge is 2.23. The van der Waals surface area contributed by atoms with Crippen molar-refractivity contribution in [2.24, 2.45) is 0 Å². The number of nitro groups is 1. The van der Waals surface area contributed by atoms with Gasteiger partial charge in [0, 0.05) is 17.8 Å². The van der Waals surface area contributed by atoms with Gasteiger partial charge in [-0.05, 0) is 25.3 Å². The van der Waals surface area contributed by atoms with Crippen molar-refractivity contribution in [1.82, 2.24) is 0 Å². The van der Waals surface area contributed by atoms with Crippen molar-refractivity contribution in [3.8, 4) is 5.75 Å². The van der Waals surface area contributed by atoms with Crippen molar-refractivity contribution in [3.05, 3.63) is 28.3 Å². The minimum absolute atomic E-state index is 0.0175. The smallest absolute Gasteiger partial charge is 0.311 e. The second-order valence-corrected chi connectivity index (χ2v) is 3.66. The van der Waals surface area contributed by atoms with Crippen LogP contribution in [0.2, 0.25) is 0 Å². The fourth-order valence-electron chi connectivity index (χ4n) is 1.44. The Labute approximate surface area is 87.0 Å². The molecule has 0 aromatic heterocycles. The van der Waals surface area contributed by atoms with Crippen molar-refractivity contribution in [2.75, 3.05) is 5.73 Å². The van der Waals surface area contributed by atoms with Crippen molar-refractivity contribution < 1.29 is 9.66 Å². The van der Waals surface area contributed by atoms with Crippen molar-refractivity contribution >= 4 is 11.4 Å². The topological polar surface area (TPSA) is 78.4 Å². The van der Waals surface area contributed by atoms with Gasteiger partial charge in [-0.15, -0.1) is 0 Å². The summed E-state index contributed by atoms with van der Waals surface area (Å²) in [5.41, 5.74) is 6.02. The highest BCUT2D eigenvalue weighted by atomic mass is 16.6. The summed E-state index contributed by atoms with van der Waals surface area (Å²) in [7, 11) is 0. The quantitative estimate of drug-likeness (QED) is 0.468. The standard InChI is InChI=1S/C10H12N2O3/c11-7-4-5-9(12(13)14)10(6-7)15-8-2-1-3-8/h4-6,8H,1-3,11H2. The number of rotatable bonds is 3. The molecule has 1 aromatic carbocycles. The van der Waals surface area contributed by atoms with Gasteiger partial charge in [0.15, 0.2) is 5.75 Å². The fraction of sp³-hybridized carbons (Fsp3) is 0.400. The lowest BCUT2D eigenvalue weighted by Crippen LogP contribution is -2.24. The van der Waals surface area contributed by atoms with E-state index in [1.54, 1.807) is 0 Å². The number of anilines is 1. The van der Waals surface area contributed by atoms with Crippen LogP contribution in [0.5, 0.6) is 5.75 Å². The molecule has 1 fully saturated rings. The zero-order chi connectivity index (χ0) is 10.8. The van der Waals surface area contributed by atoms with E-state index in [0.29, 0.717) is 5.69 Å². The van der Waals surface area contributed by atoms with Gasteiger partial charge in [0.2, 0.25) is 0 Å². The van der Waals surface area contributed by atoms with Gasteiger partial charge in [-0.3, -0.25) is 10.1 Å². The Morgan fingerprint density at radius 1 is 1.47 bits per heavy atom. The molecular formula is C10H12N2O3. The summed E-state index contributed by atoms with van der Waals surface area (Å²) in [6, 6.07) is 4.39. The van der Waals surface area contributed by atoms with E-state index in [1.807, 2.05) is 0 Å². The van der Waals surface area contributed by atoms with Gasteiger partial charge in [0.1, 0.15) is 0 Å². The Morgan fingerprint density at radius 2 is 2.20 bits per heavy atom. The molecule has 15 heavy (non-hydrogen) atoms. The van der Waals surface area contributed by atoms with Crippen LogP contribution < -0.4 is 10.5 Å². The van der Waals surface area contributed by atoms with Crippen LogP contribution in [0.3, 0.4) is 0 Å². The van der Waals surface area contributed by atoms with Crippen LogP contribution in [0.1, 0.15) is 19.3 Å². The van der Waals surface area contributed by atoms with E-state index in [9.17, 15) is 10.1 Å². The Morgan fingerprint density at radius 3 is 2.73 bits per heavy atom. The first kappa shape index (κ1) is 9.76. The highest BCUT2D eigenvalue weighted by Crippen LogP contribution is 2.33. The van der Waals surface area contributed by atoms with Gasteiger partial charge in [-0.25, -0.2) is 0 Å². The first-order chi connectivity index (χ1) is 7.16. The molecular weight excluding hydrogens is 196 g/mol. The molecule has 1 aromatic rings. The number of nitro benzene ring substituents is 1. The molecule has 1 aliphatic rings. The molecule has 2 N–H and O–H groups in total. The average Bonchev–Trinajstić information content (AvgIpc) is 2.11. The zero-order valence-electron chi connectivity index (χ0n) is 8.18. The Hall–Kier alpha value is -1.78. The molecule has 0 atom stereocenters. The molecule has 5 nitrogen and oxygen atoms in total. The summed E-state index contributed by atoms with van der Waals surface area (Å²) < 4.78 is 5.50. The van der Waals surface area contributed by atoms with E-state index in [2.05, 4.69) is 0 Å². The van der Waals surface area contributed by atoms with Crippen LogP contribution in [-0.2, 0) is 0 Å². The highest BCUT2D eigenvalue weighted by molar-refractivity contribution is 5.55. The van der Waals surface area contributed by atoms with Crippen molar-refractivity contribution in [3.63, 3.8) is 0 Å². The summed E-state index contributed by atoms with van der Waals surface area (Å²) in [5, 5.41) is 10.7. The third-order valence-electron chi connectivity index (χ3n) is 2.53. The van der Waals surface area contributed by atoms with Gasteiger partial charge in [0.25, 0.3) is 0 Å². The summed E-state index contributed by atoms with van der Waals surface area (Å²) in [6.45, 7) is 0. The first-order valence-corrected chi connectivity index (χ1v) is 4.87. The second kappa shape index (κ2) is 3.76. The predicted molar refractivity (Wildman–Crippen MR) is 55.8 cm³/mol. The average molecular weight is 208 g/mol. The molecule has 0 aliphatic heterocycles. The van der Waals surface area contributed by atoms with E-state index < -0.39 is 4.92 Å². The minimum atomic E-state index is -0.451. The third kappa shape index (κ3) is 2.01. The minimum Gasteiger partial charge on any atom is -0.483 e. The van der Waals surface area contributed by atoms with Gasteiger partial charge in [-0.2, -0.15) is 0 Å². The zero-order valence-corrected chi connectivity index (χ0v) is 8.18. The Kier molecular flexibility index (Phi) is 2.45. The molecule has 5 heteroatoms. The first-order valence-electron chi connectivity index (χ1n) is 4.87. The SMILES string of the molecule is Nc1ccc([N+](=O)[O-])c(OC2CCC2)c1. The molecule has 2 rings (SSSR count). The lowest BCUT2D eigenvalue weighted by atomic mass is 9.96. The van der Waals surface area contributed by atoms with Crippen LogP contribution in [0.25, 0.3) is 0 Å². The van der Waals surface area contributed by atoms with Gasteiger partial charge >= 0.3 is 5.69 Å². The summed E-state index contributed by atoms with van der Waals surface area (Å²) >= 11 is 0. The summed E-state index contributed by atoms with van der Waals surface area (Å²) in [6.07, 6.45) is 3.17. The maximum Gasteiger partial charge on any atom is 0.311 e. The molecule has 0 heterocycles. The molecule has 0 bridgehead atoms. The van der Waals surface area contributed by atoms with Crippen LogP contribution in [0.4, 0.5) is 11.4 Å². The fourth-order valence-corrected chi connectivity index (χ4v) is 1.44. The summed E-state index contributed by atoms with van der Waals surface area (Å²) in [5.74, 6) is 0.282. The van der Waals surface area contributed by atoms with Gasteiger partial charge in [0.05, 0.1) is 11.0 Å². The second-order valence-electron chi connectivity index (χ2n) is 3.66. The van der Waals surface area contributed by atoms with E-state index in [0.717, 1.165) is 19.3 Å². The molecule has 1 saturated carbocycles. The number of nitrogens with zero attached hydrogens (tertiary/aromatic N) is 1. The normalized spacial score (nSPS) is 15.7. The largest absolute Gasteiger partial charge is 0.483 e. The monoisotopic (exact) mass is 208 g/mol. The number of hydrogen-bond acceptors (Lipinski definition) is 4. The van der Waals surface area contributed by atoms with E-state index in [1.165, 1.54) is 18.2 Å². The maximum atomic E-state index is 10.7. The number of hydrogen-bond donors (Lipinski definition) is 1. The molecule has 0 radical (unpaired) electrons. The molecule has 0 spiro atoms. The number of nitrogens with two attached hydrogens (primary N) is 1. The third-order valence-corrected chi connectivity index (χ3v) is 2.53. The number of nitrogen functional groups attached to an aromatic ring is 1. The number of ether oxygens (including phenoxy) is 1. The lowest BCUT2D eigenvalue weighted by Gasteiger charge is -2.26. The van der Waals surface area contributed by atoms with Crippen LogP contribution in [0, 0.1) is 10.1 Å². The lowest BCUT2D eigenvalue weighted by molar-refractivity contribution is -0.386. The van der Waals surface area contributed by atoms with Crippen LogP contribution >= 0.6 is 0 Å². The molecule has 0 amide bonds. The van der Waals surface area contributed by atoms with E-state index in [4.69, 9.17) is 10.5 Å². The van der Waals surface area contributed by atoms with Crippen LogP contribution in [-0.4, -0.2) is 11.0 Å². The summed E-state index contributed by atoms with van der Waals surface area (Å²) in [4.78, 5) is 10.3. The maximum absolute atomic E-state index is 10.7. The Bertz CT molecular complexity index is 388. The van der Waals surface area contributed by atoms with Gasteiger partial charge < -0.3 is 10.5 Å². The molecule has 0 saturated heterocycles. The van der Waals surface area contributed by atoms with Crippen LogP contribution in [0.15, 0.2) is 18.2 Å². The number of benzene rings is 1.